The summed E-state index contributed by atoms with van der Waals surface area (Å²) < 4.78 is 7.24. The first-order valence-corrected chi connectivity index (χ1v) is 9.21. The van der Waals surface area contributed by atoms with Gasteiger partial charge in [-0.1, -0.05) is 22.9 Å². The van der Waals surface area contributed by atoms with E-state index in [0.29, 0.717) is 29.8 Å². The molecule has 0 radical (unpaired) electrons. The smallest absolute Gasteiger partial charge is 0.260 e. The molecule has 7 nitrogen and oxygen atoms in total. The minimum Gasteiger partial charge on any atom is -0.484 e. The molecule has 2 aromatic heterocycles. The lowest BCUT2D eigenvalue weighted by Crippen LogP contribution is -2.40. The Kier molecular flexibility index (Phi) is 4.54. The minimum atomic E-state index is 0.00606. The fourth-order valence-corrected chi connectivity index (χ4v) is 4.00. The minimum absolute atomic E-state index is 0.00606. The standard InChI is InChI=1S/C16H16ClN5O2S/c17-12-1-3-13(4-2-12)24-9-14(23)21-7-5-11(6-8-21)15-20-22-10-18-19-16(22)25-15/h1-4,10-11H,5-9H2. The van der Waals surface area contributed by atoms with Gasteiger partial charge in [-0.05, 0) is 37.1 Å². The number of ether oxygens (including phenoxy) is 1. The molecule has 4 rings (SSSR count). The molecule has 3 aromatic rings. The van der Waals surface area contributed by atoms with Crippen LogP contribution in [0.3, 0.4) is 0 Å². The number of rotatable bonds is 4. The molecule has 0 spiro atoms. The molecule has 0 unspecified atom stereocenters. The zero-order chi connectivity index (χ0) is 17.2. The van der Waals surface area contributed by atoms with Crippen LogP contribution >= 0.6 is 22.9 Å². The highest BCUT2D eigenvalue weighted by molar-refractivity contribution is 7.16. The summed E-state index contributed by atoms with van der Waals surface area (Å²) in [5.74, 6) is 1.02. The summed E-state index contributed by atoms with van der Waals surface area (Å²) in [5.41, 5.74) is 0. The Bertz CT molecular complexity index is 842. The van der Waals surface area contributed by atoms with E-state index in [1.807, 2.05) is 4.90 Å². The van der Waals surface area contributed by atoms with Crippen molar-refractivity contribution < 1.29 is 9.53 Å². The zero-order valence-electron chi connectivity index (χ0n) is 13.3. The van der Waals surface area contributed by atoms with Gasteiger partial charge in [-0.25, -0.2) is 0 Å². The van der Waals surface area contributed by atoms with E-state index in [-0.39, 0.29) is 12.5 Å². The normalized spacial score (nSPS) is 15.6. The second-order valence-corrected chi connectivity index (χ2v) is 7.32. The van der Waals surface area contributed by atoms with Crippen molar-refractivity contribution in [2.24, 2.45) is 0 Å². The number of carbonyl (C=O) groups excluding carboxylic acids is 1. The first-order chi connectivity index (χ1) is 12.2. The number of likely N-dealkylation sites (tertiary alicyclic amines) is 1. The average molecular weight is 378 g/mol. The van der Waals surface area contributed by atoms with Gasteiger partial charge in [0.2, 0.25) is 4.96 Å². The lowest BCUT2D eigenvalue weighted by molar-refractivity contribution is -0.134. The van der Waals surface area contributed by atoms with Crippen LogP contribution in [0.1, 0.15) is 23.8 Å². The van der Waals surface area contributed by atoms with Gasteiger partial charge in [-0.15, -0.1) is 10.2 Å². The van der Waals surface area contributed by atoms with Gasteiger partial charge in [-0.3, -0.25) is 4.79 Å². The Morgan fingerprint density at radius 1 is 1.28 bits per heavy atom. The van der Waals surface area contributed by atoms with Crippen LogP contribution in [0.5, 0.6) is 5.75 Å². The van der Waals surface area contributed by atoms with Gasteiger partial charge in [0, 0.05) is 24.0 Å². The number of piperidine rings is 1. The highest BCUT2D eigenvalue weighted by atomic mass is 35.5. The van der Waals surface area contributed by atoms with Crippen LogP contribution in [0.15, 0.2) is 30.6 Å². The van der Waals surface area contributed by atoms with Crippen molar-refractivity contribution in [3.05, 3.63) is 40.6 Å². The van der Waals surface area contributed by atoms with E-state index in [9.17, 15) is 4.79 Å². The molecular weight excluding hydrogens is 362 g/mol. The van der Waals surface area contributed by atoms with E-state index in [0.717, 1.165) is 22.8 Å². The fraction of sp³-hybridized carbons (Fsp3) is 0.375. The Balaban J connectivity index is 1.29. The molecule has 9 heteroatoms. The topological polar surface area (TPSA) is 72.6 Å². The maximum absolute atomic E-state index is 12.3. The number of nitrogens with zero attached hydrogens (tertiary/aromatic N) is 5. The molecule has 130 valence electrons. The number of aromatic nitrogens is 4. The van der Waals surface area contributed by atoms with Crippen LogP contribution in [-0.4, -0.2) is 50.3 Å². The third kappa shape index (κ3) is 3.59. The highest BCUT2D eigenvalue weighted by Crippen LogP contribution is 2.30. The Labute approximate surface area is 153 Å². The van der Waals surface area contributed by atoms with Gasteiger partial charge in [0.25, 0.3) is 5.91 Å². The maximum atomic E-state index is 12.3. The fourth-order valence-electron chi connectivity index (χ4n) is 2.88. The summed E-state index contributed by atoms with van der Waals surface area (Å²) in [7, 11) is 0. The number of carbonyl (C=O) groups is 1. The molecule has 3 heterocycles. The quantitative estimate of drug-likeness (QED) is 0.698. The van der Waals surface area contributed by atoms with Crippen LogP contribution < -0.4 is 4.74 Å². The van der Waals surface area contributed by atoms with E-state index < -0.39 is 0 Å². The zero-order valence-corrected chi connectivity index (χ0v) is 14.9. The van der Waals surface area contributed by atoms with E-state index in [4.69, 9.17) is 16.3 Å². The van der Waals surface area contributed by atoms with Crippen LogP contribution in [-0.2, 0) is 4.79 Å². The van der Waals surface area contributed by atoms with E-state index >= 15 is 0 Å². The SMILES string of the molecule is O=C(COc1ccc(Cl)cc1)N1CCC(c2nn3cnnc3s2)CC1. The first kappa shape index (κ1) is 16.3. The molecule has 25 heavy (non-hydrogen) atoms. The van der Waals surface area contributed by atoms with Gasteiger partial charge in [-0.2, -0.15) is 9.61 Å². The molecular formula is C16H16ClN5O2S. The lowest BCUT2D eigenvalue weighted by Gasteiger charge is -2.30. The first-order valence-electron chi connectivity index (χ1n) is 8.02. The van der Waals surface area contributed by atoms with Crippen LogP contribution in [0, 0.1) is 0 Å². The van der Waals surface area contributed by atoms with E-state index in [1.54, 1.807) is 46.4 Å². The summed E-state index contributed by atoms with van der Waals surface area (Å²) in [5, 5.41) is 14.1. The molecule has 0 saturated carbocycles. The second kappa shape index (κ2) is 6.97. The molecule has 1 fully saturated rings. The summed E-state index contributed by atoms with van der Waals surface area (Å²) in [6, 6.07) is 7.01. The van der Waals surface area contributed by atoms with Crippen molar-refractivity contribution in [2.45, 2.75) is 18.8 Å². The molecule has 1 aliphatic heterocycles. The van der Waals surface area contributed by atoms with Crippen molar-refractivity contribution in [3.8, 4) is 5.75 Å². The van der Waals surface area contributed by atoms with Crippen LogP contribution in [0.2, 0.25) is 5.02 Å². The van der Waals surface area contributed by atoms with Crippen molar-refractivity contribution in [3.63, 3.8) is 0 Å². The van der Waals surface area contributed by atoms with E-state index in [1.165, 1.54) is 0 Å². The molecule has 1 saturated heterocycles. The monoisotopic (exact) mass is 377 g/mol. The Morgan fingerprint density at radius 3 is 2.76 bits per heavy atom. The number of amides is 1. The highest BCUT2D eigenvalue weighted by Gasteiger charge is 2.26. The van der Waals surface area contributed by atoms with Gasteiger partial charge in [0.05, 0.1) is 0 Å². The predicted molar refractivity (Wildman–Crippen MR) is 94.2 cm³/mol. The third-order valence-corrected chi connectivity index (χ3v) is 5.60. The summed E-state index contributed by atoms with van der Waals surface area (Å²) >= 11 is 7.40. The lowest BCUT2D eigenvalue weighted by atomic mass is 9.97. The molecule has 1 aromatic carbocycles. The van der Waals surface area contributed by atoms with Gasteiger partial charge < -0.3 is 9.64 Å². The largest absolute Gasteiger partial charge is 0.484 e. The number of halogens is 1. The van der Waals surface area contributed by atoms with Crippen molar-refractivity contribution in [2.75, 3.05) is 19.7 Å². The Hall–Kier alpha value is -2.19. The van der Waals surface area contributed by atoms with Crippen molar-refractivity contribution >= 4 is 33.8 Å². The second-order valence-electron chi connectivity index (χ2n) is 5.90. The van der Waals surface area contributed by atoms with Crippen LogP contribution in [0.4, 0.5) is 0 Å². The summed E-state index contributed by atoms with van der Waals surface area (Å²) in [6.07, 6.45) is 3.41. The number of hydrogen-bond donors (Lipinski definition) is 0. The van der Waals surface area contributed by atoms with E-state index in [2.05, 4.69) is 15.3 Å². The summed E-state index contributed by atoms with van der Waals surface area (Å²) in [6.45, 7) is 1.48. The van der Waals surface area contributed by atoms with Gasteiger partial charge >= 0.3 is 0 Å². The molecule has 0 atom stereocenters. The molecule has 0 bridgehead atoms. The van der Waals surface area contributed by atoms with Crippen molar-refractivity contribution in [1.82, 2.24) is 24.7 Å². The number of fused-ring (bicyclic) bond motifs is 1. The van der Waals surface area contributed by atoms with Gasteiger partial charge in [0.1, 0.15) is 17.1 Å². The van der Waals surface area contributed by atoms with Crippen molar-refractivity contribution in [1.29, 1.82) is 0 Å². The third-order valence-electron chi connectivity index (χ3n) is 4.28. The molecule has 0 aliphatic carbocycles. The number of hydrogen-bond acceptors (Lipinski definition) is 6. The molecule has 0 N–H and O–H groups in total. The maximum Gasteiger partial charge on any atom is 0.260 e. The van der Waals surface area contributed by atoms with Gasteiger partial charge in [0.15, 0.2) is 6.61 Å². The molecule has 1 aliphatic rings. The average Bonchev–Trinajstić information content (AvgIpc) is 3.23. The summed E-state index contributed by atoms with van der Waals surface area (Å²) in [4.78, 5) is 15.0. The Morgan fingerprint density at radius 2 is 2.04 bits per heavy atom. The number of benzene rings is 1. The van der Waals surface area contributed by atoms with Crippen LogP contribution in [0.25, 0.3) is 4.96 Å². The molecule has 1 amide bonds. The predicted octanol–water partition coefficient (Wildman–Crippen LogP) is 2.62.